The zero-order valence-corrected chi connectivity index (χ0v) is 13.1. The summed E-state index contributed by atoms with van der Waals surface area (Å²) in [7, 11) is 0. The highest BCUT2D eigenvalue weighted by Crippen LogP contribution is 2.39. The molecule has 5 heteroatoms. The predicted octanol–water partition coefficient (Wildman–Crippen LogP) is 3.46. The Morgan fingerprint density at radius 2 is 1.92 bits per heavy atom. The Hall–Kier alpha value is -2.69. The van der Waals surface area contributed by atoms with Crippen LogP contribution in [0.5, 0.6) is 0 Å². The van der Waals surface area contributed by atoms with Gasteiger partial charge in [0.2, 0.25) is 0 Å². The predicted molar refractivity (Wildman–Crippen MR) is 89.2 cm³/mol. The average molecular weight is 321 g/mol. The first-order chi connectivity index (χ1) is 11.8. The van der Waals surface area contributed by atoms with Gasteiger partial charge >= 0.3 is 0 Å². The van der Waals surface area contributed by atoms with Gasteiger partial charge in [-0.15, -0.1) is 0 Å². The van der Waals surface area contributed by atoms with Gasteiger partial charge in [0, 0.05) is 36.5 Å². The minimum Gasteiger partial charge on any atom is -0.333 e. The summed E-state index contributed by atoms with van der Waals surface area (Å²) in [5, 5.41) is 0. The van der Waals surface area contributed by atoms with E-state index in [1.807, 2.05) is 21.6 Å². The smallest absolute Gasteiger partial charge is 0.271 e. The lowest BCUT2D eigenvalue weighted by atomic mass is 10.0. The first-order valence-electron chi connectivity index (χ1n) is 8.29. The molecule has 24 heavy (non-hydrogen) atoms. The Bertz CT molecular complexity index is 974. The van der Waals surface area contributed by atoms with Crippen LogP contribution in [0.4, 0.5) is 4.39 Å². The lowest BCUT2D eigenvalue weighted by molar-refractivity contribution is 0.0694. The molecule has 1 aromatic carbocycles. The summed E-state index contributed by atoms with van der Waals surface area (Å²) in [6.45, 7) is 1.44. The van der Waals surface area contributed by atoms with Crippen LogP contribution in [0.3, 0.4) is 0 Å². The molecule has 1 aliphatic heterocycles. The second-order valence-corrected chi connectivity index (χ2v) is 6.46. The molecule has 5 rings (SSSR count). The molecule has 0 saturated heterocycles. The molecule has 2 aliphatic rings. The van der Waals surface area contributed by atoms with Crippen LogP contribution < -0.4 is 0 Å². The number of hydrogen-bond donors (Lipinski definition) is 0. The maximum absolute atomic E-state index is 14.5. The van der Waals surface area contributed by atoms with Gasteiger partial charge in [-0.05, 0) is 31.0 Å². The van der Waals surface area contributed by atoms with Gasteiger partial charge in [-0.25, -0.2) is 4.39 Å². The number of nitrogens with zero attached hydrogens (tertiary/aromatic N) is 3. The molecule has 3 heterocycles. The molecule has 3 aromatic rings. The third-order valence-corrected chi connectivity index (χ3v) is 4.98. The summed E-state index contributed by atoms with van der Waals surface area (Å²) >= 11 is 0. The molecule has 2 aromatic heterocycles. The Morgan fingerprint density at radius 3 is 2.71 bits per heavy atom. The van der Waals surface area contributed by atoms with Crippen LogP contribution in [-0.2, 0) is 6.54 Å². The van der Waals surface area contributed by atoms with Crippen LogP contribution in [0.1, 0.15) is 23.3 Å². The molecule has 0 spiro atoms. The minimum atomic E-state index is -0.324. The Labute approximate surface area is 138 Å². The Morgan fingerprint density at radius 1 is 1.08 bits per heavy atom. The fourth-order valence-electron chi connectivity index (χ4n) is 3.73. The van der Waals surface area contributed by atoms with Crippen molar-refractivity contribution in [1.82, 2.24) is 14.5 Å². The number of fused-ring (bicyclic) bond motifs is 3. The van der Waals surface area contributed by atoms with Gasteiger partial charge in [0.25, 0.3) is 5.91 Å². The number of pyridine rings is 1. The summed E-state index contributed by atoms with van der Waals surface area (Å²) in [4.78, 5) is 19.5. The largest absolute Gasteiger partial charge is 0.333 e. The molecule has 0 N–H and O–H groups in total. The Kier molecular flexibility index (Phi) is 2.80. The molecule has 120 valence electrons. The van der Waals surface area contributed by atoms with E-state index in [-0.39, 0.29) is 11.7 Å². The zero-order chi connectivity index (χ0) is 16.3. The van der Waals surface area contributed by atoms with Crippen LogP contribution in [0.25, 0.3) is 22.2 Å². The number of benzene rings is 1. The second kappa shape index (κ2) is 4.90. The van der Waals surface area contributed by atoms with Gasteiger partial charge in [-0.1, -0.05) is 18.2 Å². The lowest BCUT2D eigenvalue weighted by Crippen LogP contribution is -2.41. The number of aromatic nitrogens is 2. The van der Waals surface area contributed by atoms with E-state index >= 15 is 0 Å². The van der Waals surface area contributed by atoms with E-state index in [9.17, 15) is 9.18 Å². The first kappa shape index (κ1) is 13.7. The van der Waals surface area contributed by atoms with Gasteiger partial charge in [0.1, 0.15) is 11.5 Å². The molecule has 1 aliphatic carbocycles. The highest BCUT2D eigenvalue weighted by molar-refractivity contribution is 6.09. The SMILES string of the molecule is O=C1c2c(-c3ccccc3F)c3ncccc3n2CCN1C1CC1. The highest BCUT2D eigenvalue weighted by atomic mass is 19.1. The average Bonchev–Trinajstić information content (AvgIpc) is 3.38. The van der Waals surface area contributed by atoms with Crippen LogP contribution in [0.2, 0.25) is 0 Å². The fraction of sp³-hybridized carbons (Fsp3) is 0.263. The normalized spacial score (nSPS) is 17.4. The topological polar surface area (TPSA) is 38.1 Å². The van der Waals surface area contributed by atoms with E-state index in [4.69, 9.17) is 0 Å². The standard InChI is InChI=1S/C19H16FN3O/c20-14-5-2-1-4-13(14)16-17-15(6-3-9-21-17)23-11-10-22(12-7-8-12)19(24)18(16)23/h1-6,9,12H,7-8,10-11H2. The fourth-order valence-corrected chi connectivity index (χ4v) is 3.73. The van der Waals surface area contributed by atoms with Crippen molar-refractivity contribution in [3.63, 3.8) is 0 Å². The number of hydrogen-bond acceptors (Lipinski definition) is 2. The van der Waals surface area contributed by atoms with Crippen LogP contribution in [0, 0.1) is 5.82 Å². The molecule has 0 bridgehead atoms. The summed E-state index contributed by atoms with van der Waals surface area (Å²) in [5.74, 6) is -0.324. The van der Waals surface area contributed by atoms with Crippen molar-refractivity contribution in [2.75, 3.05) is 6.54 Å². The van der Waals surface area contributed by atoms with Gasteiger partial charge in [0.15, 0.2) is 0 Å². The highest BCUT2D eigenvalue weighted by Gasteiger charge is 2.39. The molecule has 0 radical (unpaired) electrons. The summed E-state index contributed by atoms with van der Waals surface area (Å²) < 4.78 is 16.5. The van der Waals surface area contributed by atoms with Crippen molar-refractivity contribution < 1.29 is 9.18 Å². The third-order valence-electron chi connectivity index (χ3n) is 4.98. The van der Waals surface area contributed by atoms with E-state index in [1.165, 1.54) is 6.07 Å². The molecular formula is C19H16FN3O. The van der Waals surface area contributed by atoms with Crippen LogP contribution in [-0.4, -0.2) is 32.9 Å². The van der Waals surface area contributed by atoms with Crippen molar-refractivity contribution >= 4 is 16.9 Å². The van der Waals surface area contributed by atoms with Gasteiger partial charge in [-0.3, -0.25) is 9.78 Å². The maximum atomic E-state index is 14.5. The van der Waals surface area contributed by atoms with E-state index in [2.05, 4.69) is 4.98 Å². The molecule has 0 unspecified atom stereocenters. The number of rotatable bonds is 2. The van der Waals surface area contributed by atoms with Crippen molar-refractivity contribution in [1.29, 1.82) is 0 Å². The van der Waals surface area contributed by atoms with Gasteiger partial charge < -0.3 is 9.47 Å². The number of carbonyl (C=O) groups excluding carboxylic acids is 1. The van der Waals surface area contributed by atoms with Crippen molar-refractivity contribution in [2.24, 2.45) is 0 Å². The molecule has 4 nitrogen and oxygen atoms in total. The maximum Gasteiger partial charge on any atom is 0.271 e. The Balaban J connectivity index is 1.83. The number of halogens is 1. The van der Waals surface area contributed by atoms with Gasteiger partial charge in [-0.2, -0.15) is 0 Å². The zero-order valence-electron chi connectivity index (χ0n) is 13.1. The first-order valence-corrected chi connectivity index (χ1v) is 8.29. The van der Waals surface area contributed by atoms with Gasteiger partial charge in [0.05, 0.1) is 11.0 Å². The van der Waals surface area contributed by atoms with E-state index in [0.29, 0.717) is 34.9 Å². The van der Waals surface area contributed by atoms with E-state index < -0.39 is 0 Å². The molecule has 1 amide bonds. The van der Waals surface area contributed by atoms with Crippen molar-refractivity contribution in [2.45, 2.75) is 25.4 Å². The molecule has 1 saturated carbocycles. The molecule has 0 atom stereocenters. The molecule has 1 fully saturated rings. The monoisotopic (exact) mass is 321 g/mol. The third kappa shape index (κ3) is 1.84. The van der Waals surface area contributed by atoms with Crippen LogP contribution in [0.15, 0.2) is 42.6 Å². The summed E-state index contributed by atoms with van der Waals surface area (Å²) in [5.41, 5.74) is 3.24. The van der Waals surface area contributed by atoms with E-state index in [0.717, 1.165) is 24.9 Å². The van der Waals surface area contributed by atoms with Crippen LogP contribution >= 0.6 is 0 Å². The van der Waals surface area contributed by atoms with E-state index in [1.54, 1.807) is 24.4 Å². The van der Waals surface area contributed by atoms with Crippen molar-refractivity contribution in [3.05, 3.63) is 54.1 Å². The molecular weight excluding hydrogens is 305 g/mol. The summed E-state index contributed by atoms with van der Waals surface area (Å²) in [6, 6.07) is 10.8. The quantitative estimate of drug-likeness (QED) is 0.725. The minimum absolute atomic E-state index is 0.00000283. The van der Waals surface area contributed by atoms with Crippen molar-refractivity contribution in [3.8, 4) is 11.1 Å². The second-order valence-electron chi connectivity index (χ2n) is 6.46. The lowest BCUT2D eigenvalue weighted by Gasteiger charge is -2.29. The summed E-state index contributed by atoms with van der Waals surface area (Å²) in [6.07, 6.45) is 3.83. The number of carbonyl (C=O) groups is 1. The number of amides is 1.